The number of nitrogens with zero attached hydrogens (tertiary/aromatic N) is 3. The fraction of sp³-hybridized carbons (Fsp3) is 0.625. The number of rotatable bonds is 3. The van der Waals surface area contributed by atoms with Gasteiger partial charge in [-0.3, -0.25) is 4.99 Å². The van der Waals surface area contributed by atoms with Crippen LogP contribution in [-0.2, 0) is 6.42 Å². The third-order valence-corrected chi connectivity index (χ3v) is 5.06. The van der Waals surface area contributed by atoms with E-state index >= 15 is 0 Å². The maximum absolute atomic E-state index is 5.79. The van der Waals surface area contributed by atoms with Gasteiger partial charge in [0.2, 0.25) is 0 Å². The Labute approximate surface area is 155 Å². The molecule has 124 valence electrons. The first-order valence-corrected chi connectivity index (χ1v) is 7.74. The van der Waals surface area contributed by atoms with Crippen molar-refractivity contribution in [2.75, 3.05) is 20.1 Å². The van der Waals surface area contributed by atoms with Crippen LogP contribution in [0, 0.1) is 5.41 Å². The summed E-state index contributed by atoms with van der Waals surface area (Å²) >= 11 is 5.79. The Morgan fingerprint density at radius 1 is 1.36 bits per heavy atom. The van der Waals surface area contributed by atoms with E-state index in [4.69, 9.17) is 11.6 Å². The monoisotopic (exact) mass is 436 g/mol. The van der Waals surface area contributed by atoms with Crippen LogP contribution in [-0.4, -0.2) is 41.5 Å². The molecule has 1 aliphatic heterocycles. The van der Waals surface area contributed by atoms with Crippen molar-refractivity contribution in [1.82, 2.24) is 15.2 Å². The number of aliphatic imine (C=N–C) groups is 1. The summed E-state index contributed by atoms with van der Waals surface area (Å²) in [6, 6.07) is 3.84. The highest BCUT2D eigenvalue weighted by molar-refractivity contribution is 14.0. The topological polar surface area (TPSA) is 40.5 Å². The lowest BCUT2D eigenvalue weighted by molar-refractivity contribution is -0.0666. The van der Waals surface area contributed by atoms with Crippen LogP contribution in [0.3, 0.4) is 0 Å². The van der Waals surface area contributed by atoms with Gasteiger partial charge in [-0.1, -0.05) is 31.5 Å². The molecule has 0 spiro atoms. The molecule has 1 saturated heterocycles. The van der Waals surface area contributed by atoms with Gasteiger partial charge in [-0.15, -0.1) is 24.0 Å². The van der Waals surface area contributed by atoms with Crippen LogP contribution in [0.1, 0.15) is 33.3 Å². The standard InChI is InChI=1S/C16H25ClN4.HI/c1-15(2)11-21(16(15,3)4)14(18-5)19-9-8-12-6-7-13(17)20-10-12;/h6-7,10H,8-9,11H2,1-5H3,(H,18,19);1H. The molecule has 4 nitrogen and oxygen atoms in total. The number of pyridine rings is 1. The minimum absolute atomic E-state index is 0. The molecule has 22 heavy (non-hydrogen) atoms. The Bertz CT molecular complexity index is 525. The molecule has 6 heteroatoms. The zero-order valence-electron chi connectivity index (χ0n) is 14.0. The van der Waals surface area contributed by atoms with E-state index in [0.29, 0.717) is 10.6 Å². The van der Waals surface area contributed by atoms with Crippen molar-refractivity contribution in [3.8, 4) is 0 Å². The van der Waals surface area contributed by atoms with Gasteiger partial charge in [-0.2, -0.15) is 0 Å². The lowest BCUT2D eigenvalue weighted by Crippen LogP contribution is -2.72. The Balaban J connectivity index is 0.00000242. The number of aromatic nitrogens is 1. The fourth-order valence-electron chi connectivity index (χ4n) is 2.57. The Morgan fingerprint density at radius 3 is 2.50 bits per heavy atom. The fourth-order valence-corrected chi connectivity index (χ4v) is 2.68. The van der Waals surface area contributed by atoms with Gasteiger partial charge in [0.1, 0.15) is 5.15 Å². The van der Waals surface area contributed by atoms with E-state index < -0.39 is 0 Å². The minimum atomic E-state index is 0. The summed E-state index contributed by atoms with van der Waals surface area (Å²) in [5, 5.41) is 3.98. The molecule has 1 fully saturated rings. The first kappa shape index (κ1) is 19.5. The molecular formula is C16H26ClIN4. The van der Waals surface area contributed by atoms with Crippen LogP contribution in [0.15, 0.2) is 23.3 Å². The average Bonchev–Trinajstić information content (AvgIpc) is 2.44. The summed E-state index contributed by atoms with van der Waals surface area (Å²) in [5.74, 6) is 0.973. The summed E-state index contributed by atoms with van der Waals surface area (Å²) < 4.78 is 0. The first-order valence-electron chi connectivity index (χ1n) is 7.37. The number of hydrogen-bond acceptors (Lipinski definition) is 2. The second-order valence-electron chi connectivity index (χ2n) is 6.74. The molecule has 0 atom stereocenters. The number of guanidine groups is 1. The second-order valence-corrected chi connectivity index (χ2v) is 7.13. The lowest BCUT2D eigenvalue weighted by atomic mass is 9.65. The predicted molar refractivity (Wildman–Crippen MR) is 104 cm³/mol. The highest BCUT2D eigenvalue weighted by atomic mass is 127. The Hall–Kier alpha value is -0.560. The Morgan fingerprint density at radius 2 is 2.05 bits per heavy atom. The van der Waals surface area contributed by atoms with Gasteiger partial charge in [0.05, 0.1) is 0 Å². The third kappa shape index (κ3) is 3.85. The van der Waals surface area contributed by atoms with Gasteiger partial charge in [0.15, 0.2) is 5.96 Å². The van der Waals surface area contributed by atoms with Crippen molar-refractivity contribution in [1.29, 1.82) is 0 Å². The Kier molecular flexibility index (Phi) is 6.50. The van der Waals surface area contributed by atoms with Gasteiger partial charge in [-0.05, 0) is 31.9 Å². The smallest absolute Gasteiger partial charge is 0.194 e. The van der Waals surface area contributed by atoms with Crippen LogP contribution < -0.4 is 5.32 Å². The van der Waals surface area contributed by atoms with Gasteiger partial charge < -0.3 is 10.2 Å². The van der Waals surface area contributed by atoms with E-state index in [1.54, 1.807) is 0 Å². The maximum atomic E-state index is 5.79. The SMILES string of the molecule is CN=C(NCCc1ccc(Cl)nc1)N1CC(C)(C)C1(C)C.I. The predicted octanol–water partition coefficient (Wildman–Crippen LogP) is 3.59. The number of likely N-dealkylation sites (tertiary alicyclic amines) is 1. The lowest BCUT2D eigenvalue weighted by Gasteiger charge is -2.62. The van der Waals surface area contributed by atoms with Gasteiger partial charge in [0.25, 0.3) is 0 Å². The molecule has 2 rings (SSSR count). The molecule has 1 aromatic heterocycles. The zero-order valence-corrected chi connectivity index (χ0v) is 17.1. The zero-order chi connectivity index (χ0) is 15.7. The molecule has 1 N–H and O–H groups in total. The molecule has 0 amide bonds. The normalized spacial score (nSPS) is 19.2. The molecule has 0 saturated carbocycles. The van der Waals surface area contributed by atoms with Gasteiger partial charge in [-0.25, -0.2) is 4.98 Å². The summed E-state index contributed by atoms with van der Waals surface area (Å²) in [7, 11) is 1.84. The van der Waals surface area contributed by atoms with E-state index in [1.807, 2.05) is 25.4 Å². The molecule has 0 bridgehead atoms. The van der Waals surface area contributed by atoms with E-state index in [9.17, 15) is 0 Å². The molecule has 0 unspecified atom stereocenters. The molecule has 0 aliphatic carbocycles. The quantitative estimate of drug-likeness (QED) is 0.341. The summed E-state index contributed by atoms with van der Waals surface area (Å²) in [4.78, 5) is 10.9. The van der Waals surface area contributed by atoms with E-state index in [1.165, 1.54) is 5.56 Å². The van der Waals surface area contributed by atoms with Crippen LogP contribution in [0.2, 0.25) is 5.15 Å². The molecule has 1 aromatic rings. The van der Waals surface area contributed by atoms with E-state index in [-0.39, 0.29) is 29.5 Å². The first-order chi connectivity index (χ1) is 9.78. The van der Waals surface area contributed by atoms with Gasteiger partial charge in [0, 0.05) is 37.3 Å². The van der Waals surface area contributed by atoms with Crippen molar-refractivity contribution >= 4 is 41.5 Å². The number of halogens is 2. The highest BCUT2D eigenvalue weighted by Gasteiger charge is 2.53. The minimum Gasteiger partial charge on any atom is -0.356 e. The highest BCUT2D eigenvalue weighted by Crippen LogP contribution is 2.46. The van der Waals surface area contributed by atoms with Crippen LogP contribution in [0.5, 0.6) is 0 Å². The number of hydrogen-bond donors (Lipinski definition) is 1. The number of nitrogens with one attached hydrogen (secondary N) is 1. The van der Waals surface area contributed by atoms with Crippen molar-refractivity contribution in [3.05, 3.63) is 29.0 Å². The molecule has 0 radical (unpaired) electrons. The van der Waals surface area contributed by atoms with Gasteiger partial charge >= 0.3 is 0 Å². The van der Waals surface area contributed by atoms with Crippen molar-refractivity contribution in [2.45, 2.75) is 39.7 Å². The van der Waals surface area contributed by atoms with Crippen molar-refractivity contribution in [3.63, 3.8) is 0 Å². The van der Waals surface area contributed by atoms with E-state index in [2.05, 4.69) is 47.9 Å². The second kappa shape index (κ2) is 7.34. The summed E-state index contributed by atoms with van der Waals surface area (Å²) in [5.41, 5.74) is 1.60. The van der Waals surface area contributed by atoms with Crippen molar-refractivity contribution < 1.29 is 0 Å². The average molecular weight is 437 g/mol. The maximum Gasteiger partial charge on any atom is 0.194 e. The van der Waals surface area contributed by atoms with Crippen molar-refractivity contribution in [2.24, 2.45) is 10.4 Å². The van der Waals surface area contributed by atoms with Crippen LogP contribution >= 0.6 is 35.6 Å². The molecule has 1 aliphatic rings. The van der Waals surface area contributed by atoms with Crippen LogP contribution in [0.4, 0.5) is 0 Å². The molecule has 2 heterocycles. The molecule has 0 aromatic carbocycles. The van der Waals surface area contributed by atoms with E-state index in [0.717, 1.165) is 25.5 Å². The van der Waals surface area contributed by atoms with Crippen LogP contribution in [0.25, 0.3) is 0 Å². The largest absolute Gasteiger partial charge is 0.356 e. The third-order valence-electron chi connectivity index (χ3n) is 4.84. The summed E-state index contributed by atoms with van der Waals surface area (Å²) in [6.07, 6.45) is 2.73. The molecular weight excluding hydrogens is 411 g/mol. The summed E-state index contributed by atoms with van der Waals surface area (Å²) in [6.45, 7) is 11.0.